The molecular formula is C15H20N2S. The molecule has 0 fully saturated rings. The second-order valence-corrected chi connectivity index (χ2v) is 5.46. The van der Waals surface area contributed by atoms with Gasteiger partial charge in [0.15, 0.2) is 0 Å². The number of nitrogens with one attached hydrogen (secondary N) is 2. The maximum Gasteiger partial charge on any atom is 0.0372 e. The highest BCUT2D eigenvalue weighted by Crippen LogP contribution is 2.17. The molecule has 0 saturated heterocycles. The van der Waals surface area contributed by atoms with Crippen LogP contribution in [0.25, 0.3) is 0 Å². The van der Waals surface area contributed by atoms with E-state index in [0.717, 1.165) is 19.6 Å². The smallest absolute Gasteiger partial charge is 0.0372 e. The molecule has 1 heterocycles. The Hall–Kier alpha value is -1.32. The van der Waals surface area contributed by atoms with Crippen molar-refractivity contribution >= 4 is 17.0 Å². The topological polar surface area (TPSA) is 24.1 Å². The Balaban J connectivity index is 1.70. The van der Waals surface area contributed by atoms with Crippen molar-refractivity contribution in [3.8, 4) is 0 Å². The lowest BCUT2D eigenvalue weighted by atomic mass is 10.1. The summed E-state index contributed by atoms with van der Waals surface area (Å²) in [4.78, 5) is 1.39. The second-order valence-electron chi connectivity index (χ2n) is 4.43. The van der Waals surface area contributed by atoms with Gasteiger partial charge in [-0.2, -0.15) is 0 Å². The van der Waals surface area contributed by atoms with Crippen molar-refractivity contribution in [2.24, 2.45) is 0 Å². The van der Waals surface area contributed by atoms with Crippen LogP contribution >= 0.6 is 11.3 Å². The Labute approximate surface area is 113 Å². The number of aryl methyl sites for hydroxylation is 1. The average Bonchev–Trinajstić information content (AvgIpc) is 2.87. The third-order valence-corrected chi connectivity index (χ3v) is 3.98. The molecule has 96 valence electrons. The van der Waals surface area contributed by atoms with Crippen molar-refractivity contribution in [3.05, 3.63) is 51.7 Å². The molecule has 0 aliphatic heterocycles. The zero-order valence-electron chi connectivity index (χ0n) is 11.0. The lowest BCUT2D eigenvalue weighted by Crippen LogP contribution is -2.21. The van der Waals surface area contributed by atoms with Gasteiger partial charge in [0.25, 0.3) is 0 Å². The predicted octanol–water partition coefficient (Wildman–Crippen LogP) is 3.57. The van der Waals surface area contributed by atoms with Crippen molar-refractivity contribution in [1.29, 1.82) is 0 Å². The maximum atomic E-state index is 3.47. The van der Waals surface area contributed by atoms with Crippen LogP contribution < -0.4 is 10.6 Å². The monoisotopic (exact) mass is 260 g/mol. The van der Waals surface area contributed by atoms with E-state index in [1.165, 1.54) is 21.7 Å². The van der Waals surface area contributed by atoms with Gasteiger partial charge in [0.2, 0.25) is 0 Å². The van der Waals surface area contributed by atoms with Crippen LogP contribution in [0.15, 0.2) is 35.7 Å². The lowest BCUT2D eigenvalue weighted by Gasteiger charge is -2.11. The molecular weight excluding hydrogens is 240 g/mol. The first-order valence-electron chi connectivity index (χ1n) is 6.30. The number of hydrogen-bond acceptors (Lipinski definition) is 3. The van der Waals surface area contributed by atoms with Gasteiger partial charge in [0.05, 0.1) is 0 Å². The van der Waals surface area contributed by atoms with Crippen molar-refractivity contribution < 1.29 is 0 Å². The van der Waals surface area contributed by atoms with E-state index in [2.05, 4.69) is 60.2 Å². The zero-order chi connectivity index (χ0) is 12.8. The van der Waals surface area contributed by atoms with Crippen LogP contribution in [-0.4, -0.2) is 13.1 Å². The van der Waals surface area contributed by atoms with E-state index in [0.29, 0.717) is 0 Å². The number of hydrogen-bond donors (Lipinski definition) is 2. The van der Waals surface area contributed by atoms with E-state index in [9.17, 15) is 0 Å². The maximum absolute atomic E-state index is 3.47. The lowest BCUT2D eigenvalue weighted by molar-refractivity contribution is 0.714. The quantitative estimate of drug-likeness (QED) is 0.776. The molecule has 0 unspecified atom stereocenters. The van der Waals surface area contributed by atoms with E-state index < -0.39 is 0 Å². The highest BCUT2D eigenvalue weighted by atomic mass is 32.1. The Kier molecular flexibility index (Phi) is 4.79. The van der Waals surface area contributed by atoms with Gasteiger partial charge in [0.1, 0.15) is 0 Å². The van der Waals surface area contributed by atoms with Gasteiger partial charge in [-0.1, -0.05) is 18.2 Å². The van der Waals surface area contributed by atoms with Gasteiger partial charge in [-0.15, -0.1) is 11.3 Å². The third-order valence-electron chi connectivity index (χ3n) is 3.10. The minimum absolute atomic E-state index is 0.954. The standard InChI is InChI=1S/C15H20N2S/c1-12-5-3-7-15(13(12)2)17-9-8-16-11-14-6-4-10-18-14/h3-7,10,16-17H,8-9,11H2,1-2H3. The van der Waals surface area contributed by atoms with Crippen LogP contribution in [0, 0.1) is 13.8 Å². The molecule has 0 atom stereocenters. The van der Waals surface area contributed by atoms with Crippen LogP contribution in [-0.2, 0) is 6.54 Å². The van der Waals surface area contributed by atoms with Crippen LogP contribution in [0.3, 0.4) is 0 Å². The largest absolute Gasteiger partial charge is 0.384 e. The van der Waals surface area contributed by atoms with E-state index in [4.69, 9.17) is 0 Å². The summed E-state index contributed by atoms with van der Waals surface area (Å²) in [6, 6.07) is 10.6. The van der Waals surface area contributed by atoms with Crippen LogP contribution in [0.5, 0.6) is 0 Å². The fourth-order valence-corrected chi connectivity index (χ4v) is 2.53. The molecule has 2 aromatic rings. The van der Waals surface area contributed by atoms with Crippen LogP contribution in [0.4, 0.5) is 5.69 Å². The molecule has 2 nitrogen and oxygen atoms in total. The summed E-state index contributed by atoms with van der Waals surface area (Å²) >= 11 is 1.80. The SMILES string of the molecule is Cc1cccc(NCCNCc2cccs2)c1C. The van der Waals surface area contributed by atoms with Gasteiger partial charge < -0.3 is 10.6 Å². The van der Waals surface area contributed by atoms with Gasteiger partial charge in [-0.3, -0.25) is 0 Å². The van der Waals surface area contributed by atoms with E-state index in [1.807, 2.05) is 0 Å². The first-order chi connectivity index (χ1) is 8.77. The molecule has 0 aliphatic rings. The molecule has 2 rings (SSSR count). The molecule has 0 aliphatic carbocycles. The van der Waals surface area contributed by atoms with Crippen molar-refractivity contribution in [2.45, 2.75) is 20.4 Å². The molecule has 1 aromatic heterocycles. The van der Waals surface area contributed by atoms with Crippen molar-refractivity contribution in [3.63, 3.8) is 0 Å². The minimum atomic E-state index is 0.954. The average molecular weight is 260 g/mol. The summed E-state index contributed by atoms with van der Waals surface area (Å²) in [6.07, 6.45) is 0. The summed E-state index contributed by atoms with van der Waals surface area (Å²) < 4.78 is 0. The molecule has 0 spiro atoms. The highest BCUT2D eigenvalue weighted by molar-refractivity contribution is 7.09. The predicted molar refractivity (Wildman–Crippen MR) is 80.4 cm³/mol. The normalized spacial score (nSPS) is 10.6. The third kappa shape index (κ3) is 3.59. The molecule has 18 heavy (non-hydrogen) atoms. The van der Waals surface area contributed by atoms with Crippen LogP contribution in [0.1, 0.15) is 16.0 Å². The van der Waals surface area contributed by atoms with Gasteiger partial charge >= 0.3 is 0 Å². The van der Waals surface area contributed by atoms with E-state index in [1.54, 1.807) is 11.3 Å². The molecule has 2 N–H and O–H groups in total. The molecule has 0 amide bonds. The summed E-state index contributed by atoms with van der Waals surface area (Å²) in [7, 11) is 0. The minimum Gasteiger partial charge on any atom is -0.384 e. The van der Waals surface area contributed by atoms with Crippen molar-refractivity contribution in [1.82, 2.24) is 5.32 Å². The Morgan fingerprint density at radius 1 is 1.06 bits per heavy atom. The fourth-order valence-electron chi connectivity index (χ4n) is 1.85. The molecule has 0 bridgehead atoms. The summed E-state index contributed by atoms with van der Waals surface area (Å²) in [6.45, 7) is 7.21. The van der Waals surface area contributed by atoms with Gasteiger partial charge in [-0.05, 0) is 42.5 Å². The highest BCUT2D eigenvalue weighted by Gasteiger charge is 1.99. The number of anilines is 1. The van der Waals surface area contributed by atoms with Crippen molar-refractivity contribution in [2.75, 3.05) is 18.4 Å². The van der Waals surface area contributed by atoms with Crippen LogP contribution in [0.2, 0.25) is 0 Å². The summed E-state index contributed by atoms with van der Waals surface area (Å²) in [5.74, 6) is 0. The Morgan fingerprint density at radius 3 is 2.72 bits per heavy atom. The summed E-state index contributed by atoms with van der Waals surface area (Å²) in [5.41, 5.74) is 3.93. The first kappa shape index (κ1) is 13.1. The second kappa shape index (κ2) is 6.57. The fraction of sp³-hybridized carbons (Fsp3) is 0.333. The van der Waals surface area contributed by atoms with Gasteiger partial charge in [0, 0.05) is 30.2 Å². The molecule has 3 heteroatoms. The van der Waals surface area contributed by atoms with Gasteiger partial charge in [-0.25, -0.2) is 0 Å². The Bertz CT molecular complexity index is 477. The molecule has 1 aromatic carbocycles. The summed E-state index contributed by atoms with van der Waals surface area (Å²) in [5, 5.41) is 9.03. The zero-order valence-corrected chi connectivity index (χ0v) is 11.8. The van der Waals surface area contributed by atoms with E-state index in [-0.39, 0.29) is 0 Å². The first-order valence-corrected chi connectivity index (χ1v) is 7.18. The van der Waals surface area contributed by atoms with E-state index >= 15 is 0 Å². The molecule has 0 saturated carbocycles. The number of benzene rings is 1. The molecule has 0 radical (unpaired) electrons. The number of thiophene rings is 1. The Morgan fingerprint density at radius 2 is 1.94 bits per heavy atom. The number of rotatable bonds is 6.